The fourth-order valence-corrected chi connectivity index (χ4v) is 1.82. The molecule has 0 saturated carbocycles. The smallest absolute Gasteiger partial charge is 0.239 e. The number of hydrogen-bond donors (Lipinski definition) is 2. The second-order valence-corrected chi connectivity index (χ2v) is 4.59. The van der Waals surface area contributed by atoms with E-state index in [0.29, 0.717) is 35.1 Å². The van der Waals surface area contributed by atoms with Crippen LogP contribution in [0.2, 0.25) is 10.0 Å². The van der Waals surface area contributed by atoms with Crippen molar-refractivity contribution in [1.29, 1.82) is 0 Å². The molecule has 1 amide bonds. The molecule has 3 N–H and O–H groups in total. The number of rotatable bonds is 7. The summed E-state index contributed by atoms with van der Waals surface area (Å²) in [5.74, 6) is -0.512. The maximum Gasteiger partial charge on any atom is 0.239 e. The van der Waals surface area contributed by atoms with Crippen LogP contribution in [0.25, 0.3) is 10.4 Å². The Hall–Kier alpha value is -1.46. The van der Waals surface area contributed by atoms with Crippen molar-refractivity contribution in [2.45, 2.75) is 12.5 Å². The van der Waals surface area contributed by atoms with Crippen molar-refractivity contribution >= 4 is 29.1 Å². The molecule has 0 spiro atoms. The highest BCUT2D eigenvalue weighted by molar-refractivity contribution is 6.42. The number of primary amides is 1. The van der Waals surface area contributed by atoms with Crippen LogP contribution in [0.5, 0.6) is 0 Å². The molecule has 0 aromatic heterocycles. The van der Waals surface area contributed by atoms with Crippen LogP contribution in [0.15, 0.2) is 23.3 Å². The predicted octanol–water partition coefficient (Wildman–Crippen LogP) is 2.81. The molecule has 102 valence electrons. The Kier molecular flexibility index (Phi) is 6.45. The van der Waals surface area contributed by atoms with E-state index in [-0.39, 0.29) is 0 Å². The highest BCUT2D eigenvalue weighted by Gasteiger charge is 2.17. The van der Waals surface area contributed by atoms with E-state index in [9.17, 15) is 4.79 Å². The molecule has 0 heterocycles. The zero-order valence-electron chi connectivity index (χ0n) is 10.0. The molecule has 1 unspecified atom stereocenters. The largest absolute Gasteiger partial charge is 0.368 e. The van der Waals surface area contributed by atoms with Gasteiger partial charge in [0.2, 0.25) is 5.91 Å². The van der Waals surface area contributed by atoms with Gasteiger partial charge in [0.05, 0.1) is 10.0 Å². The minimum atomic E-state index is -0.652. The lowest BCUT2D eigenvalue weighted by molar-refractivity contribution is -0.120. The zero-order chi connectivity index (χ0) is 14.3. The lowest BCUT2D eigenvalue weighted by atomic mass is 10.1. The molecule has 0 aliphatic carbocycles. The number of halogens is 2. The lowest BCUT2D eigenvalue weighted by Crippen LogP contribution is -2.34. The minimum Gasteiger partial charge on any atom is -0.368 e. The Morgan fingerprint density at radius 3 is 2.79 bits per heavy atom. The number of nitrogens with one attached hydrogen (secondary N) is 1. The molecule has 1 rings (SSSR count). The summed E-state index contributed by atoms with van der Waals surface area (Å²) in [6.45, 7) is 0.850. The van der Waals surface area contributed by atoms with E-state index in [1.807, 2.05) is 0 Å². The molecule has 0 aliphatic rings. The SMILES string of the molecule is [N-]=[N+]=NCCCNC(C(N)=O)c1ccc(Cl)c(Cl)c1. The van der Waals surface area contributed by atoms with E-state index in [4.69, 9.17) is 34.5 Å². The van der Waals surface area contributed by atoms with Gasteiger partial charge in [-0.15, -0.1) is 0 Å². The van der Waals surface area contributed by atoms with Crippen LogP contribution in [-0.2, 0) is 4.79 Å². The molecule has 0 bridgehead atoms. The second kappa shape index (κ2) is 7.86. The van der Waals surface area contributed by atoms with E-state index >= 15 is 0 Å². The normalized spacial score (nSPS) is 11.7. The molecule has 19 heavy (non-hydrogen) atoms. The van der Waals surface area contributed by atoms with Crippen LogP contribution >= 0.6 is 23.2 Å². The van der Waals surface area contributed by atoms with Crippen molar-refractivity contribution in [3.8, 4) is 0 Å². The number of azide groups is 1. The van der Waals surface area contributed by atoms with Crippen LogP contribution < -0.4 is 11.1 Å². The van der Waals surface area contributed by atoms with Crippen LogP contribution in [0.3, 0.4) is 0 Å². The molecule has 0 fully saturated rings. The van der Waals surface area contributed by atoms with Gasteiger partial charge in [-0.2, -0.15) is 0 Å². The molecular weight excluding hydrogens is 289 g/mol. The lowest BCUT2D eigenvalue weighted by Gasteiger charge is -2.16. The molecule has 1 atom stereocenters. The number of nitrogens with zero attached hydrogens (tertiary/aromatic N) is 3. The van der Waals surface area contributed by atoms with Gasteiger partial charge in [-0.3, -0.25) is 4.79 Å². The second-order valence-electron chi connectivity index (χ2n) is 3.77. The first-order valence-electron chi connectivity index (χ1n) is 5.54. The molecule has 6 nitrogen and oxygen atoms in total. The molecular formula is C11H13Cl2N5O. The highest BCUT2D eigenvalue weighted by Crippen LogP contribution is 2.25. The third-order valence-corrected chi connectivity index (χ3v) is 3.15. The van der Waals surface area contributed by atoms with E-state index in [1.165, 1.54) is 0 Å². The summed E-state index contributed by atoms with van der Waals surface area (Å²) in [6, 6.07) is 4.24. The van der Waals surface area contributed by atoms with Gasteiger partial charge >= 0.3 is 0 Å². The maximum absolute atomic E-state index is 11.4. The first-order valence-corrected chi connectivity index (χ1v) is 6.30. The molecule has 1 aromatic carbocycles. The Bertz CT molecular complexity index is 502. The number of nitrogens with two attached hydrogens (primary N) is 1. The average Bonchev–Trinajstić information content (AvgIpc) is 2.37. The van der Waals surface area contributed by atoms with Crippen molar-refractivity contribution in [2.24, 2.45) is 10.8 Å². The van der Waals surface area contributed by atoms with Crippen LogP contribution in [0.1, 0.15) is 18.0 Å². The predicted molar refractivity (Wildman–Crippen MR) is 75.0 cm³/mol. The van der Waals surface area contributed by atoms with Crippen LogP contribution in [0, 0.1) is 0 Å². The Balaban J connectivity index is 2.69. The van der Waals surface area contributed by atoms with E-state index in [2.05, 4.69) is 15.3 Å². The molecule has 0 aliphatic heterocycles. The molecule has 0 saturated heterocycles. The first kappa shape index (κ1) is 15.6. The Morgan fingerprint density at radius 2 is 2.21 bits per heavy atom. The summed E-state index contributed by atoms with van der Waals surface area (Å²) < 4.78 is 0. The van der Waals surface area contributed by atoms with Crippen molar-refractivity contribution in [2.75, 3.05) is 13.1 Å². The van der Waals surface area contributed by atoms with Crippen molar-refractivity contribution in [3.05, 3.63) is 44.3 Å². The summed E-state index contributed by atoms with van der Waals surface area (Å²) in [7, 11) is 0. The van der Waals surface area contributed by atoms with Gasteiger partial charge in [-0.1, -0.05) is 34.4 Å². The van der Waals surface area contributed by atoms with Crippen molar-refractivity contribution in [1.82, 2.24) is 5.32 Å². The summed E-state index contributed by atoms with van der Waals surface area (Å²) in [4.78, 5) is 14.1. The Labute approximate surface area is 120 Å². The fourth-order valence-electron chi connectivity index (χ4n) is 1.52. The quantitative estimate of drug-likeness (QED) is 0.350. The van der Waals surface area contributed by atoms with Crippen molar-refractivity contribution in [3.63, 3.8) is 0 Å². The van der Waals surface area contributed by atoms with Gasteiger partial charge in [0.15, 0.2) is 0 Å². The highest BCUT2D eigenvalue weighted by atomic mass is 35.5. The van der Waals surface area contributed by atoms with Gasteiger partial charge in [0.1, 0.15) is 6.04 Å². The third kappa shape index (κ3) is 4.96. The monoisotopic (exact) mass is 301 g/mol. The number of amides is 1. The topological polar surface area (TPSA) is 104 Å². The van der Waals surface area contributed by atoms with Crippen LogP contribution in [0.4, 0.5) is 0 Å². The average molecular weight is 302 g/mol. The molecule has 1 aromatic rings. The number of benzene rings is 1. The number of hydrogen-bond acceptors (Lipinski definition) is 3. The summed E-state index contributed by atoms with van der Waals surface area (Å²) >= 11 is 11.7. The van der Waals surface area contributed by atoms with Crippen molar-refractivity contribution < 1.29 is 4.79 Å². The van der Waals surface area contributed by atoms with E-state index < -0.39 is 11.9 Å². The molecule has 8 heteroatoms. The maximum atomic E-state index is 11.4. The van der Waals surface area contributed by atoms with Gasteiger partial charge in [-0.05, 0) is 36.2 Å². The zero-order valence-corrected chi connectivity index (χ0v) is 11.5. The molecule has 0 radical (unpaired) electrons. The van der Waals surface area contributed by atoms with Gasteiger partial charge in [-0.25, -0.2) is 0 Å². The minimum absolute atomic E-state index is 0.357. The van der Waals surface area contributed by atoms with E-state index in [1.54, 1.807) is 18.2 Å². The van der Waals surface area contributed by atoms with Gasteiger partial charge < -0.3 is 11.1 Å². The van der Waals surface area contributed by atoms with Crippen LogP contribution in [-0.4, -0.2) is 19.0 Å². The number of carbonyl (C=O) groups excluding carboxylic acids is 1. The fraction of sp³-hybridized carbons (Fsp3) is 0.364. The summed E-state index contributed by atoms with van der Waals surface area (Å²) in [5.41, 5.74) is 14.1. The Morgan fingerprint density at radius 1 is 1.47 bits per heavy atom. The van der Waals surface area contributed by atoms with E-state index in [0.717, 1.165) is 0 Å². The standard InChI is InChI=1S/C11H13Cl2N5O/c12-8-3-2-7(6-9(8)13)10(11(14)19)16-4-1-5-17-18-15/h2-3,6,10,16H,1,4-5H2,(H2,14,19). The first-order chi connectivity index (χ1) is 9.06. The van der Waals surface area contributed by atoms with Gasteiger partial charge in [0.25, 0.3) is 0 Å². The summed E-state index contributed by atoms with van der Waals surface area (Å²) in [6.07, 6.45) is 0.606. The third-order valence-electron chi connectivity index (χ3n) is 2.41. The van der Waals surface area contributed by atoms with Gasteiger partial charge in [0, 0.05) is 11.5 Å². The number of carbonyl (C=O) groups is 1. The summed E-state index contributed by atoms with van der Waals surface area (Å²) in [5, 5.41) is 7.16.